The quantitative estimate of drug-likeness (QED) is 0.285. The summed E-state index contributed by atoms with van der Waals surface area (Å²) in [6.07, 6.45) is 2.85. The Balaban J connectivity index is 0.000000148. The second-order valence-electron chi connectivity index (χ2n) is 7.74. The number of rotatable bonds is 4. The van der Waals surface area contributed by atoms with Crippen LogP contribution in [0.1, 0.15) is 0 Å². The summed E-state index contributed by atoms with van der Waals surface area (Å²) in [7, 11) is 3.27. The molecule has 4 heterocycles. The Labute approximate surface area is 210 Å². The molecule has 6 rings (SSSR count). The van der Waals surface area contributed by atoms with Gasteiger partial charge in [0.05, 0.1) is 31.6 Å². The Hall–Kier alpha value is -4.63. The highest BCUT2D eigenvalue weighted by Crippen LogP contribution is 2.27. The number of methoxy groups -OCH3 is 2. The van der Waals surface area contributed by atoms with Crippen LogP contribution in [0, 0.1) is 0 Å². The van der Waals surface area contributed by atoms with Crippen molar-refractivity contribution in [3.8, 4) is 34.0 Å². The van der Waals surface area contributed by atoms with Crippen molar-refractivity contribution < 1.29 is 9.47 Å². The van der Waals surface area contributed by atoms with Crippen molar-refractivity contribution in [3.63, 3.8) is 0 Å². The van der Waals surface area contributed by atoms with Crippen LogP contribution in [0.2, 0.25) is 5.15 Å². The van der Waals surface area contributed by atoms with E-state index in [0.717, 1.165) is 45.0 Å². The van der Waals surface area contributed by atoms with Gasteiger partial charge in [0, 0.05) is 11.4 Å². The summed E-state index contributed by atoms with van der Waals surface area (Å²) in [4.78, 5) is 32.6. The van der Waals surface area contributed by atoms with Gasteiger partial charge >= 0.3 is 0 Å². The summed E-state index contributed by atoms with van der Waals surface area (Å²) in [5, 5.41) is 0.430. The van der Waals surface area contributed by atoms with Crippen LogP contribution in [0.4, 0.5) is 0 Å². The highest BCUT2D eigenvalue weighted by Gasteiger charge is 2.08. The first-order chi connectivity index (χ1) is 17.6. The molecule has 6 aromatic rings. The van der Waals surface area contributed by atoms with Gasteiger partial charge < -0.3 is 24.4 Å². The lowest BCUT2D eigenvalue weighted by atomic mass is 10.1. The number of benzene rings is 2. The molecule has 36 heavy (non-hydrogen) atoms. The van der Waals surface area contributed by atoms with Crippen molar-refractivity contribution in [1.29, 1.82) is 0 Å². The summed E-state index contributed by atoms with van der Waals surface area (Å²) in [5.41, 5.74) is 6.38. The van der Waals surface area contributed by atoms with Gasteiger partial charge in [-0.1, -0.05) is 11.6 Å². The van der Waals surface area contributed by atoms with E-state index in [-0.39, 0.29) is 5.56 Å². The van der Waals surface area contributed by atoms with E-state index in [1.807, 2.05) is 60.7 Å². The molecule has 3 N–H and O–H groups in total. The minimum absolute atomic E-state index is 0.167. The van der Waals surface area contributed by atoms with Gasteiger partial charge in [-0.2, -0.15) is 0 Å². The Morgan fingerprint density at radius 2 is 1.25 bits per heavy atom. The van der Waals surface area contributed by atoms with Gasteiger partial charge in [0.25, 0.3) is 5.56 Å². The molecule has 0 fully saturated rings. The smallest absolute Gasteiger partial charge is 0.275 e. The molecule has 0 saturated carbocycles. The first kappa shape index (κ1) is 23.1. The minimum atomic E-state index is -0.167. The lowest BCUT2D eigenvalue weighted by molar-refractivity contribution is 0.415. The molecule has 0 aliphatic heterocycles. The normalized spacial score (nSPS) is 10.8. The molecule has 0 saturated heterocycles. The molecule has 2 aromatic carbocycles. The molecule has 0 aliphatic rings. The van der Waals surface area contributed by atoms with Gasteiger partial charge in [-0.3, -0.25) is 4.79 Å². The van der Waals surface area contributed by atoms with E-state index in [2.05, 4.69) is 29.9 Å². The molecule has 10 heteroatoms. The van der Waals surface area contributed by atoms with Crippen LogP contribution in [-0.2, 0) is 0 Å². The third-order valence-electron chi connectivity index (χ3n) is 5.60. The Kier molecular flexibility index (Phi) is 6.38. The second kappa shape index (κ2) is 9.93. The zero-order valence-electron chi connectivity index (χ0n) is 19.4. The maximum atomic E-state index is 11.6. The standard InChI is InChI=1S/C13H10ClN3O.C13H11N3O2/c1-18-9-4-2-8(3-5-9)10-6-11-12(17-10)13(14)16-7-15-11;1-18-9-4-2-8(3-5-9)10-6-11-12(16-10)13(17)15-7-14-11/h2-7,17H,1H3;2-7,16H,1H3,(H,14,15,17). The fourth-order valence-corrected chi connectivity index (χ4v) is 3.90. The van der Waals surface area contributed by atoms with Crippen LogP contribution >= 0.6 is 11.6 Å². The topological polar surface area (TPSA) is 122 Å². The predicted octanol–water partition coefficient (Wildman–Crippen LogP) is 5.21. The molecular formula is C26H21ClN6O3. The molecule has 0 aliphatic carbocycles. The largest absolute Gasteiger partial charge is 0.497 e. The number of hydrogen-bond donors (Lipinski definition) is 3. The first-order valence-corrected chi connectivity index (χ1v) is 11.3. The maximum Gasteiger partial charge on any atom is 0.275 e. The molecule has 0 bridgehead atoms. The molecule has 0 unspecified atom stereocenters. The number of halogens is 1. The van der Waals surface area contributed by atoms with Crippen molar-refractivity contribution in [3.05, 3.63) is 88.8 Å². The third kappa shape index (κ3) is 4.64. The number of aromatic nitrogens is 6. The number of ether oxygens (including phenoxy) is 2. The highest BCUT2D eigenvalue weighted by molar-refractivity contribution is 6.33. The van der Waals surface area contributed by atoms with Crippen LogP contribution in [-0.4, -0.2) is 44.1 Å². The average molecular weight is 501 g/mol. The fourth-order valence-electron chi connectivity index (χ4n) is 3.71. The summed E-state index contributed by atoms with van der Waals surface area (Å²) >= 11 is 6.00. The van der Waals surface area contributed by atoms with Gasteiger partial charge in [-0.25, -0.2) is 15.0 Å². The van der Waals surface area contributed by atoms with E-state index in [1.54, 1.807) is 14.2 Å². The van der Waals surface area contributed by atoms with Crippen LogP contribution in [0.3, 0.4) is 0 Å². The van der Waals surface area contributed by atoms with Gasteiger partial charge in [-0.15, -0.1) is 0 Å². The van der Waals surface area contributed by atoms with Crippen molar-refractivity contribution in [1.82, 2.24) is 29.9 Å². The van der Waals surface area contributed by atoms with Crippen molar-refractivity contribution in [2.24, 2.45) is 0 Å². The summed E-state index contributed by atoms with van der Waals surface area (Å²) in [6, 6.07) is 19.2. The van der Waals surface area contributed by atoms with Crippen LogP contribution < -0.4 is 15.0 Å². The highest BCUT2D eigenvalue weighted by atomic mass is 35.5. The zero-order chi connectivity index (χ0) is 25.1. The van der Waals surface area contributed by atoms with E-state index < -0.39 is 0 Å². The van der Waals surface area contributed by atoms with Crippen molar-refractivity contribution in [2.45, 2.75) is 0 Å². The number of hydrogen-bond acceptors (Lipinski definition) is 6. The second-order valence-corrected chi connectivity index (χ2v) is 8.10. The molecule has 0 spiro atoms. The average Bonchev–Trinajstić information content (AvgIpc) is 3.56. The number of aromatic amines is 3. The molecular weight excluding hydrogens is 480 g/mol. The van der Waals surface area contributed by atoms with Crippen molar-refractivity contribution in [2.75, 3.05) is 14.2 Å². The van der Waals surface area contributed by atoms with Crippen LogP contribution in [0.25, 0.3) is 44.6 Å². The molecule has 9 nitrogen and oxygen atoms in total. The van der Waals surface area contributed by atoms with E-state index >= 15 is 0 Å². The van der Waals surface area contributed by atoms with Crippen LogP contribution in [0.15, 0.2) is 78.1 Å². The number of fused-ring (bicyclic) bond motifs is 2. The monoisotopic (exact) mass is 500 g/mol. The van der Waals surface area contributed by atoms with E-state index in [1.165, 1.54) is 12.7 Å². The zero-order valence-corrected chi connectivity index (χ0v) is 20.1. The minimum Gasteiger partial charge on any atom is -0.497 e. The van der Waals surface area contributed by atoms with Gasteiger partial charge in [-0.05, 0) is 71.8 Å². The van der Waals surface area contributed by atoms with E-state index in [9.17, 15) is 4.79 Å². The lowest BCUT2D eigenvalue weighted by Crippen LogP contribution is -2.05. The summed E-state index contributed by atoms with van der Waals surface area (Å²) < 4.78 is 10.2. The van der Waals surface area contributed by atoms with Gasteiger partial charge in [0.15, 0.2) is 5.15 Å². The predicted molar refractivity (Wildman–Crippen MR) is 140 cm³/mol. The maximum absolute atomic E-state index is 11.6. The third-order valence-corrected chi connectivity index (χ3v) is 5.88. The SMILES string of the molecule is COc1ccc(-c2cc3nc[nH]c(=O)c3[nH]2)cc1.COc1ccc(-c2cc3ncnc(Cl)c3[nH]2)cc1. The van der Waals surface area contributed by atoms with Gasteiger partial charge in [0.1, 0.15) is 28.9 Å². The fraction of sp³-hybridized carbons (Fsp3) is 0.0769. The number of nitrogens with one attached hydrogen (secondary N) is 3. The molecule has 0 radical (unpaired) electrons. The number of H-pyrrole nitrogens is 3. The Bertz CT molecular complexity index is 1690. The lowest BCUT2D eigenvalue weighted by Gasteiger charge is -2.01. The van der Waals surface area contributed by atoms with Crippen molar-refractivity contribution >= 4 is 33.7 Å². The molecule has 4 aromatic heterocycles. The molecule has 0 amide bonds. The molecule has 0 atom stereocenters. The van der Waals surface area contributed by atoms with Crippen LogP contribution in [0.5, 0.6) is 11.5 Å². The van der Waals surface area contributed by atoms with Gasteiger partial charge in [0.2, 0.25) is 0 Å². The number of nitrogens with zero attached hydrogens (tertiary/aromatic N) is 3. The van der Waals surface area contributed by atoms with E-state index in [0.29, 0.717) is 16.2 Å². The summed E-state index contributed by atoms with van der Waals surface area (Å²) in [5.74, 6) is 1.62. The Morgan fingerprint density at radius 3 is 1.75 bits per heavy atom. The summed E-state index contributed by atoms with van der Waals surface area (Å²) in [6.45, 7) is 0. The molecule has 180 valence electrons. The van der Waals surface area contributed by atoms with E-state index in [4.69, 9.17) is 21.1 Å². The Morgan fingerprint density at radius 1 is 0.722 bits per heavy atom. The first-order valence-electron chi connectivity index (χ1n) is 10.9.